The van der Waals surface area contributed by atoms with Crippen molar-refractivity contribution in [1.29, 1.82) is 0 Å². The molecule has 2 aliphatic heterocycles. The molecular weight excluding hydrogens is 428 g/mol. The molecule has 4 aliphatic rings. The van der Waals surface area contributed by atoms with Crippen LogP contribution in [0.3, 0.4) is 0 Å². The van der Waals surface area contributed by atoms with Gasteiger partial charge in [-0.15, -0.1) is 0 Å². The number of piperidine rings is 1. The van der Waals surface area contributed by atoms with Crippen molar-refractivity contribution in [3.8, 4) is 11.5 Å². The van der Waals surface area contributed by atoms with Crippen molar-refractivity contribution in [1.82, 2.24) is 10.2 Å². The third-order valence-electron chi connectivity index (χ3n) is 8.01. The summed E-state index contributed by atoms with van der Waals surface area (Å²) in [6, 6.07) is 2.30. The molecule has 5 rings (SSSR count). The average molecular weight is 459 g/mol. The minimum absolute atomic E-state index is 0.0506. The molecule has 1 spiro atoms. The molecule has 1 amide bonds. The van der Waals surface area contributed by atoms with Gasteiger partial charge in [-0.25, -0.2) is 9.59 Å². The van der Waals surface area contributed by atoms with Crippen LogP contribution in [0.5, 0.6) is 11.5 Å². The topological polar surface area (TPSA) is 125 Å². The van der Waals surface area contributed by atoms with Crippen molar-refractivity contribution in [3.63, 3.8) is 0 Å². The monoisotopic (exact) mass is 458 g/mol. The van der Waals surface area contributed by atoms with Crippen molar-refractivity contribution >= 4 is 17.8 Å². The number of carbonyl (C=O) groups is 3. The molecule has 2 bridgehead atoms. The summed E-state index contributed by atoms with van der Waals surface area (Å²) < 4.78 is 11.7. The van der Waals surface area contributed by atoms with E-state index in [-0.39, 0.29) is 36.3 Å². The third-order valence-corrected chi connectivity index (χ3v) is 8.01. The Morgan fingerprint density at radius 3 is 2.79 bits per heavy atom. The fourth-order valence-electron chi connectivity index (χ4n) is 6.57. The molecule has 178 valence electrons. The highest BCUT2D eigenvalue weighted by atomic mass is 16.6. The Hall–Kier alpha value is -2.65. The van der Waals surface area contributed by atoms with Gasteiger partial charge in [0, 0.05) is 18.0 Å². The van der Waals surface area contributed by atoms with Crippen molar-refractivity contribution in [2.24, 2.45) is 5.92 Å². The van der Waals surface area contributed by atoms with Gasteiger partial charge in [0.05, 0.1) is 11.0 Å². The van der Waals surface area contributed by atoms with Crippen LogP contribution in [0.15, 0.2) is 12.1 Å². The Morgan fingerprint density at radius 1 is 1.33 bits per heavy atom. The van der Waals surface area contributed by atoms with Gasteiger partial charge in [0.25, 0.3) is 0 Å². The second kappa shape index (κ2) is 7.43. The van der Waals surface area contributed by atoms with E-state index in [4.69, 9.17) is 9.47 Å². The number of Topliss-reactive ketones (excluding diaryl/α,β-unsaturated/α-hetero) is 1. The molecule has 1 unspecified atom stereocenters. The lowest BCUT2D eigenvalue weighted by Crippen LogP contribution is -2.76. The molecule has 3 N–H and O–H groups in total. The maximum absolute atomic E-state index is 13.0. The van der Waals surface area contributed by atoms with Gasteiger partial charge in [-0.1, -0.05) is 19.9 Å². The molecular formula is C24H30N2O7. The average Bonchev–Trinajstić information content (AvgIpc) is 3.10. The highest BCUT2D eigenvalue weighted by Crippen LogP contribution is 2.64. The number of carboxylic acids is 1. The van der Waals surface area contributed by atoms with E-state index in [9.17, 15) is 24.6 Å². The van der Waals surface area contributed by atoms with Crippen LogP contribution in [0.1, 0.15) is 50.7 Å². The van der Waals surface area contributed by atoms with Crippen LogP contribution in [0.25, 0.3) is 0 Å². The summed E-state index contributed by atoms with van der Waals surface area (Å²) in [6.07, 6.45) is 0.348. The Balaban J connectivity index is 1.52. The highest BCUT2D eigenvalue weighted by Gasteiger charge is 2.72. The summed E-state index contributed by atoms with van der Waals surface area (Å²) in [6.45, 7) is 4.46. The van der Waals surface area contributed by atoms with E-state index in [0.717, 1.165) is 17.7 Å². The summed E-state index contributed by atoms with van der Waals surface area (Å²) in [4.78, 5) is 39.2. The molecule has 2 aliphatic carbocycles. The smallest absolute Gasteiger partial charge is 0.413 e. The summed E-state index contributed by atoms with van der Waals surface area (Å²) in [5, 5.41) is 23.8. The lowest BCUT2D eigenvalue weighted by atomic mass is 9.49. The van der Waals surface area contributed by atoms with Gasteiger partial charge in [-0.3, -0.25) is 4.79 Å². The first-order chi connectivity index (χ1) is 15.6. The number of carboxylic acid groups (broad SMARTS) is 1. The molecule has 2 heterocycles. The van der Waals surface area contributed by atoms with Crippen molar-refractivity contribution in [2.75, 3.05) is 13.6 Å². The predicted molar refractivity (Wildman–Crippen MR) is 117 cm³/mol. The van der Waals surface area contributed by atoms with E-state index in [1.807, 2.05) is 27.0 Å². The summed E-state index contributed by atoms with van der Waals surface area (Å²) in [5.74, 6) is -0.661. The molecule has 1 saturated heterocycles. The van der Waals surface area contributed by atoms with Crippen LogP contribution in [0.2, 0.25) is 0 Å². The number of aliphatic carboxylic acids is 1. The minimum Gasteiger partial charge on any atom is -0.480 e. The predicted octanol–water partition coefficient (Wildman–Crippen LogP) is 1.63. The Kier molecular flexibility index (Phi) is 4.99. The van der Waals surface area contributed by atoms with E-state index in [0.29, 0.717) is 25.0 Å². The molecule has 9 nitrogen and oxygen atoms in total. The minimum atomic E-state index is -1.13. The van der Waals surface area contributed by atoms with E-state index in [2.05, 4.69) is 10.2 Å². The molecule has 0 radical (unpaired) electrons. The first-order valence-corrected chi connectivity index (χ1v) is 11.6. The zero-order valence-corrected chi connectivity index (χ0v) is 19.1. The Bertz CT molecular complexity index is 1040. The molecule has 1 aromatic rings. The fourth-order valence-corrected chi connectivity index (χ4v) is 6.57. The highest BCUT2D eigenvalue weighted by molar-refractivity contribution is 5.90. The second-order valence-corrected chi connectivity index (χ2v) is 10.3. The largest absolute Gasteiger partial charge is 0.480 e. The van der Waals surface area contributed by atoms with Crippen LogP contribution in [-0.2, 0) is 21.4 Å². The summed E-state index contributed by atoms with van der Waals surface area (Å²) in [5.41, 5.74) is -0.211. The maximum atomic E-state index is 13.0. The maximum Gasteiger partial charge on any atom is 0.413 e. The van der Waals surface area contributed by atoms with Crippen LogP contribution in [0, 0.1) is 5.92 Å². The molecule has 1 aromatic carbocycles. The summed E-state index contributed by atoms with van der Waals surface area (Å²) >= 11 is 0. The van der Waals surface area contributed by atoms with Gasteiger partial charge in [-0.05, 0) is 56.8 Å². The van der Waals surface area contributed by atoms with E-state index in [1.165, 1.54) is 0 Å². The van der Waals surface area contributed by atoms with Gasteiger partial charge in [0.15, 0.2) is 23.4 Å². The number of likely N-dealkylation sites (tertiary alicyclic amines) is 1. The Morgan fingerprint density at radius 2 is 2.09 bits per heavy atom. The number of aliphatic hydroxyl groups is 1. The zero-order chi connectivity index (χ0) is 23.7. The zero-order valence-electron chi connectivity index (χ0n) is 19.1. The van der Waals surface area contributed by atoms with Gasteiger partial charge in [0.2, 0.25) is 0 Å². The Labute approximate surface area is 192 Å². The van der Waals surface area contributed by atoms with Crippen molar-refractivity contribution in [3.05, 3.63) is 23.3 Å². The van der Waals surface area contributed by atoms with Crippen LogP contribution < -0.4 is 14.8 Å². The molecule has 9 heteroatoms. The number of hydrogen-bond acceptors (Lipinski definition) is 7. The molecule has 2 fully saturated rings. The number of amides is 1. The third kappa shape index (κ3) is 3.01. The number of nitrogens with one attached hydrogen (secondary N) is 1. The quantitative estimate of drug-likeness (QED) is 0.608. The number of ether oxygens (including phenoxy) is 2. The SMILES string of the molecule is CC(C)C[C@H](NC(=O)Oc1ccc2c3c1O[C@H]1C(=O)CC[C@@]4(O)[C@@H](C2)N(C)CCC314)C(=O)O. The van der Waals surface area contributed by atoms with Crippen LogP contribution in [0.4, 0.5) is 4.79 Å². The fraction of sp³-hybridized carbons (Fsp3) is 0.625. The number of nitrogens with zero attached hydrogens (tertiary/aromatic N) is 1. The molecule has 0 aromatic heterocycles. The first-order valence-electron chi connectivity index (χ1n) is 11.6. The number of hydrogen-bond donors (Lipinski definition) is 3. The van der Waals surface area contributed by atoms with Gasteiger partial charge < -0.3 is 29.9 Å². The molecule has 33 heavy (non-hydrogen) atoms. The molecule has 5 atom stereocenters. The van der Waals surface area contributed by atoms with E-state index >= 15 is 0 Å². The lowest BCUT2D eigenvalue weighted by molar-refractivity contribution is -0.185. The van der Waals surface area contributed by atoms with Crippen molar-refractivity contribution in [2.45, 2.75) is 75.2 Å². The summed E-state index contributed by atoms with van der Waals surface area (Å²) in [7, 11) is 2.00. The molecule has 1 saturated carbocycles. The van der Waals surface area contributed by atoms with E-state index < -0.39 is 35.2 Å². The second-order valence-electron chi connectivity index (χ2n) is 10.3. The van der Waals surface area contributed by atoms with E-state index in [1.54, 1.807) is 6.07 Å². The number of carbonyl (C=O) groups excluding carboxylic acids is 2. The van der Waals surface area contributed by atoms with Crippen molar-refractivity contribution < 1.29 is 34.1 Å². The van der Waals surface area contributed by atoms with Gasteiger partial charge >= 0.3 is 12.1 Å². The van der Waals surface area contributed by atoms with Gasteiger partial charge in [0.1, 0.15) is 6.04 Å². The first kappa shape index (κ1) is 22.2. The van der Waals surface area contributed by atoms with Crippen LogP contribution in [-0.4, -0.2) is 70.3 Å². The number of benzene rings is 1. The standard InChI is InChI=1S/C24H30N2O7/c1-12(2)10-14(21(28)29)25-22(30)32-16-5-4-13-11-17-24(31)7-6-15(27)20-23(24,8-9-26(17)3)18(13)19(16)33-20/h4-5,12,14,17,20,31H,6-11H2,1-3H3,(H,25,30)(H,28,29)/t14-,17+,20-,23?,24+/m0/s1. The number of likely N-dealkylation sites (N-methyl/N-ethyl adjacent to an activating group) is 1. The van der Waals surface area contributed by atoms with Gasteiger partial charge in [-0.2, -0.15) is 0 Å². The van der Waals surface area contributed by atoms with Crippen LogP contribution >= 0.6 is 0 Å². The normalized spacial score (nSPS) is 32.7. The number of ketones is 1. The lowest BCUT2D eigenvalue weighted by Gasteiger charge is -2.61. The number of rotatable bonds is 5.